The van der Waals surface area contributed by atoms with Crippen molar-refractivity contribution in [2.24, 2.45) is 0 Å². The van der Waals surface area contributed by atoms with Crippen LogP contribution in [0.5, 0.6) is 0 Å². The van der Waals surface area contributed by atoms with Gasteiger partial charge in [0.1, 0.15) is 21.9 Å². The molecule has 0 aliphatic carbocycles. The Bertz CT molecular complexity index is 1140. The van der Waals surface area contributed by atoms with Crippen molar-refractivity contribution < 1.29 is 9.21 Å². The van der Waals surface area contributed by atoms with Gasteiger partial charge in [-0.15, -0.1) is 29.4 Å². The Morgan fingerprint density at radius 1 is 0.941 bits per heavy atom. The number of aryl methyl sites for hydroxylation is 1. The highest BCUT2D eigenvalue weighted by molar-refractivity contribution is 8.21. The SMILES string of the molecule is CCCCC#CC1(c2ccc(-c3oc(-c4ccc(C=O)cc4)cc3CCCC)cc2)SCCS1. The molecule has 0 atom stereocenters. The van der Waals surface area contributed by atoms with Crippen LogP contribution < -0.4 is 0 Å². The van der Waals surface area contributed by atoms with Crippen molar-refractivity contribution in [3.05, 3.63) is 71.3 Å². The van der Waals surface area contributed by atoms with Gasteiger partial charge in [-0.1, -0.05) is 81.1 Å². The molecule has 34 heavy (non-hydrogen) atoms. The third-order valence-corrected chi connectivity index (χ3v) is 9.34. The first-order valence-electron chi connectivity index (χ1n) is 12.3. The highest BCUT2D eigenvalue weighted by Gasteiger charge is 2.35. The van der Waals surface area contributed by atoms with E-state index in [9.17, 15) is 4.79 Å². The Labute approximate surface area is 212 Å². The average molecular weight is 489 g/mol. The second kappa shape index (κ2) is 11.9. The number of unbranched alkanes of at least 4 members (excludes halogenated alkanes) is 3. The summed E-state index contributed by atoms with van der Waals surface area (Å²) in [6.45, 7) is 4.43. The van der Waals surface area contributed by atoms with Crippen LogP contribution in [0.15, 0.2) is 59.0 Å². The summed E-state index contributed by atoms with van der Waals surface area (Å²) in [7, 11) is 0. The number of carbonyl (C=O) groups excluding carboxylic acids is 1. The number of carbonyl (C=O) groups is 1. The van der Waals surface area contributed by atoms with Crippen LogP contribution in [0.4, 0.5) is 0 Å². The highest BCUT2D eigenvalue weighted by Crippen LogP contribution is 2.51. The molecule has 0 amide bonds. The zero-order valence-electron chi connectivity index (χ0n) is 20.1. The lowest BCUT2D eigenvalue weighted by atomic mass is 10.0. The molecule has 2 nitrogen and oxygen atoms in total. The van der Waals surface area contributed by atoms with E-state index in [4.69, 9.17) is 4.42 Å². The van der Waals surface area contributed by atoms with Gasteiger partial charge in [0, 0.05) is 34.6 Å². The van der Waals surface area contributed by atoms with Gasteiger partial charge < -0.3 is 4.42 Å². The smallest absolute Gasteiger partial charge is 0.150 e. The zero-order chi connectivity index (χ0) is 23.8. The van der Waals surface area contributed by atoms with Crippen LogP contribution in [-0.2, 0) is 10.5 Å². The van der Waals surface area contributed by atoms with Crippen LogP contribution in [0, 0.1) is 11.8 Å². The molecular formula is C30H32O2S2. The van der Waals surface area contributed by atoms with E-state index in [1.165, 1.54) is 17.5 Å². The lowest BCUT2D eigenvalue weighted by Gasteiger charge is -2.21. The first-order valence-corrected chi connectivity index (χ1v) is 14.2. The largest absolute Gasteiger partial charge is 0.456 e. The van der Waals surface area contributed by atoms with E-state index in [0.29, 0.717) is 5.56 Å². The van der Waals surface area contributed by atoms with Crippen molar-refractivity contribution in [1.29, 1.82) is 0 Å². The molecule has 1 aliphatic rings. The number of benzene rings is 2. The van der Waals surface area contributed by atoms with Crippen molar-refractivity contribution in [2.75, 3.05) is 11.5 Å². The fourth-order valence-corrected chi connectivity index (χ4v) is 7.07. The maximum absolute atomic E-state index is 11.0. The number of hydrogen-bond donors (Lipinski definition) is 0. The number of hydrogen-bond acceptors (Lipinski definition) is 4. The van der Waals surface area contributed by atoms with E-state index >= 15 is 0 Å². The topological polar surface area (TPSA) is 30.2 Å². The minimum absolute atomic E-state index is 0.147. The Morgan fingerprint density at radius 2 is 1.62 bits per heavy atom. The third kappa shape index (κ3) is 5.65. The summed E-state index contributed by atoms with van der Waals surface area (Å²) in [6, 6.07) is 18.6. The van der Waals surface area contributed by atoms with Gasteiger partial charge in [-0.3, -0.25) is 4.79 Å². The van der Waals surface area contributed by atoms with Crippen molar-refractivity contribution in [1.82, 2.24) is 0 Å². The van der Waals surface area contributed by atoms with Crippen LogP contribution in [-0.4, -0.2) is 17.8 Å². The Balaban J connectivity index is 1.64. The van der Waals surface area contributed by atoms with E-state index in [2.05, 4.69) is 56.0 Å². The number of rotatable bonds is 9. The van der Waals surface area contributed by atoms with E-state index in [-0.39, 0.29) is 4.08 Å². The van der Waals surface area contributed by atoms with Crippen molar-refractivity contribution in [2.45, 2.75) is 56.5 Å². The minimum atomic E-state index is -0.147. The molecular weight excluding hydrogens is 456 g/mol. The molecule has 0 saturated carbocycles. The van der Waals surface area contributed by atoms with Crippen LogP contribution in [0.1, 0.15) is 67.4 Å². The van der Waals surface area contributed by atoms with Gasteiger partial charge in [-0.05, 0) is 36.5 Å². The molecule has 0 N–H and O–H groups in total. The van der Waals surface area contributed by atoms with Gasteiger partial charge in [0.15, 0.2) is 0 Å². The van der Waals surface area contributed by atoms with Crippen LogP contribution in [0.3, 0.4) is 0 Å². The molecule has 0 unspecified atom stereocenters. The van der Waals surface area contributed by atoms with Crippen LogP contribution in [0.2, 0.25) is 0 Å². The third-order valence-electron chi connectivity index (χ3n) is 6.07. The molecule has 3 aromatic rings. The summed E-state index contributed by atoms with van der Waals surface area (Å²) < 4.78 is 6.27. The summed E-state index contributed by atoms with van der Waals surface area (Å²) in [5.74, 6) is 11.1. The first-order chi connectivity index (χ1) is 16.7. The first kappa shape index (κ1) is 24.8. The summed E-state index contributed by atoms with van der Waals surface area (Å²) in [5.41, 5.74) is 5.28. The normalized spacial score (nSPS) is 14.5. The Morgan fingerprint density at radius 3 is 2.26 bits per heavy atom. The molecule has 2 aromatic carbocycles. The van der Waals surface area contributed by atoms with Crippen molar-refractivity contribution in [3.8, 4) is 34.5 Å². The molecule has 0 radical (unpaired) electrons. The lowest BCUT2D eigenvalue weighted by molar-refractivity contribution is 0.112. The van der Waals surface area contributed by atoms with Crippen LogP contribution >= 0.6 is 23.5 Å². The Kier molecular flexibility index (Phi) is 8.64. The minimum Gasteiger partial charge on any atom is -0.456 e. The summed E-state index contributed by atoms with van der Waals surface area (Å²) in [5, 5.41) is 0. The van der Waals surface area contributed by atoms with Crippen molar-refractivity contribution >= 4 is 29.8 Å². The fourth-order valence-electron chi connectivity index (χ4n) is 4.10. The predicted octanol–water partition coefficient (Wildman–Crippen LogP) is 8.60. The monoisotopic (exact) mass is 488 g/mol. The molecule has 1 saturated heterocycles. The lowest BCUT2D eigenvalue weighted by Crippen LogP contribution is -2.11. The van der Waals surface area contributed by atoms with Gasteiger partial charge in [0.05, 0.1) is 0 Å². The maximum Gasteiger partial charge on any atom is 0.150 e. The van der Waals surface area contributed by atoms with Gasteiger partial charge in [-0.2, -0.15) is 0 Å². The van der Waals surface area contributed by atoms with Gasteiger partial charge >= 0.3 is 0 Å². The average Bonchev–Trinajstić information content (AvgIpc) is 3.54. The molecule has 0 spiro atoms. The quantitative estimate of drug-likeness (QED) is 0.171. The van der Waals surface area contributed by atoms with Gasteiger partial charge in [0.2, 0.25) is 0 Å². The highest BCUT2D eigenvalue weighted by atomic mass is 32.2. The summed E-state index contributed by atoms with van der Waals surface area (Å²) in [4.78, 5) is 11.0. The molecule has 1 aromatic heterocycles. The number of aldehydes is 1. The fraction of sp³-hybridized carbons (Fsp3) is 0.367. The summed E-state index contributed by atoms with van der Waals surface area (Å²) >= 11 is 3.92. The van der Waals surface area contributed by atoms with Crippen LogP contribution in [0.25, 0.3) is 22.6 Å². The predicted molar refractivity (Wildman–Crippen MR) is 147 cm³/mol. The standard InChI is InChI=1S/C30H32O2S2/c1-3-5-7-8-18-30(33-19-20-34-30)27-16-14-25(15-17-27)29-26(9-6-4-2)21-28(32-29)24-12-10-23(22-31)11-13-24/h10-17,21-22H,3-7,9,19-20H2,1-2H3. The summed E-state index contributed by atoms with van der Waals surface area (Å²) in [6.07, 6.45) is 7.44. The molecule has 1 fully saturated rings. The molecule has 4 heteroatoms. The van der Waals surface area contributed by atoms with E-state index in [0.717, 1.165) is 72.5 Å². The van der Waals surface area contributed by atoms with E-state index < -0.39 is 0 Å². The van der Waals surface area contributed by atoms with E-state index in [1.807, 2.05) is 47.8 Å². The molecule has 1 aliphatic heterocycles. The van der Waals surface area contributed by atoms with Crippen molar-refractivity contribution in [3.63, 3.8) is 0 Å². The molecule has 176 valence electrons. The Hall–Kier alpha value is -2.35. The van der Waals surface area contributed by atoms with Gasteiger partial charge in [-0.25, -0.2) is 0 Å². The number of thioether (sulfide) groups is 2. The maximum atomic E-state index is 11.0. The zero-order valence-corrected chi connectivity index (χ0v) is 21.7. The number of furan rings is 1. The van der Waals surface area contributed by atoms with E-state index in [1.54, 1.807) is 0 Å². The molecule has 2 heterocycles. The molecule has 0 bridgehead atoms. The second-order valence-electron chi connectivity index (χ2n) is 8.60. The van der Waals surface area contributed by atoms with Gasteiger partial charge in [0.25, 0.3) is 0 Å². The molecule has 4 rings (SSSR count). The second-order valence-corrected chi connectivity index (χ2v) is 11.5.